The molecule has 0 spiro atoms. The van der Waals surface area contributed by atoms with Crippen molar-refractivity contribution < 1.29 is 0 Å². The summed E-state index contributed by atoms with van der Waals surface area (Å²) >= 11 is 14.3. The average Bonchev–Trinajstić information content (AvgIpc) is 2.98. The van der Waals surface area contributed by atoms with E-state index >= 15 is 0 Å². The zero-order valence-corrected chi connectivity index (χ0v) is 12.9. The maximum Gasteiger partial charge on any atom is 0.140 e. The summed E-state index contributed by atoms with van der Waals surface area (Å²) in [5.74, 6) is 2.15. The molecule has 2 fully saturated rings. The van der Waals surface area contributed by atoms with Gasteiger partial charge in [0.1, 0.15) is 8.64 Å². The van der Waals surface area contributed by atoms with Crippen LogP contribution in [0.5, 0.6) is 0 Å². The third-order valence-electron chi connectivity index (χ3n) is 2.98. The predicted octanol–water partition coefficient (Wildman–Crippen LogP) is 3.36. The molecule has 0 aromatic heterocycles. The van der Waals surface area contributed by atoms with Gasteiger partial charge in [0.2, 0.25) is 0 Å². The number of thioether (sulfide) groups is 2. The lowest BCUT2D eigenvalue weighted by Crippen LogP contribution is -2.28. The summed E-state index contributed by atoms with van der Waals surface area (Å²) in [6, 6.07) is 8.41. The number of benzene rings is 1. The zero-order valence-electron chi connectivity index (χ0n) is 9.67. The standard InChI is InChI=1S/C12H12N2S4/c15-11-13(5-7-17-11)9-3-1-2-4-10(9)14-6-8-18-12(14)16/h1-4H,5-8H2. The van der Waals surface area contributed by atoms with Gasteiger partial charge in [-0.25, -0.2) is 0 Å². The SMILES string of the molecule is S=C1SCCN1c1ccccc1N1CCSC1=S. The second kappa shape index (κ2) is 5.36. The fourth-order valence-electron chi connectivity index (χ4n) is 2.15. The first-order valence-electron chi connectivity index (χ1n) is 5.75. The molecule has 0 N–H and O–H groups in total. The Balaban J connectivity index is 1.99. The quantitative estimate of drug-likeness (QED) is 0.767. The Morgan fingerprint density at radius 1 is 0.833 bits per heavy atom. The Bertz CT molecular complexity index is 458. The van der Waals surface area contributed by atoms with E-state index in [1.807, 2.05) is 0 Å². The van der Waals surface area contributed by atoms with E-state index in [9.17, 15) is 0 Å². The molecular formula is C12H12N2S4. The van der Waals surface area contributed by atoms with E-state index in [0.717, 1.165) is 33.2 Å². The number of anilines is 2. The average molecular weight is 313 g/mol. The lowest BCUT2D eigenvalue weighted by molar-refractivity contribution is 1.07. The number of thiocarbonyl (C=S) groups is 2. The van der Waals surface area contributed by atoms with Crippen LogP contribution in [0.1, 0.15) is 0 Å². The molecular weight excluding hydrogens is 300 g/mol. The zero-order chi connectivity index (χ0) is 12.5. The van der Waals surface area contributed by atoms with Crippen molar-refractivity contribution in [2.24, 2.45) is 0 Å². The number of nitrogens with zero attached hydrogens (tertiary/aromatic N) is 2. The van der Waals surface area contributed by atoms with E-state index in [-0.39, 0.29) is 0 Å². The van der Waals surface area contributed by atoms with Gasteiger partial charge in [-0.1, -0.05) is 60.1 Å². The van der Waals surface area contributed by atoms with Crippen molar-refractivity contribution in [1.29, 1.82) is 0 Å². The highest BCUT2D eigenvalue weighted by Crippen LogP contribution is 2.37. The van der Waals surface area contributed by atoms with E-state index in [2.05, 4.69) is 34.1 Å². The Morgan fingerprint density at radius 3 is 1.61 bits per heavy atom. The summed E-state index contributed by atoms with van der Waals surface area (Å²) in [4.78, 5) is 4.45. The first kappa shape index (κ1) is 12.7. The van der Waals surface area contributed by atoms with Gasteiger partial charge < -0.3 is 9.80 Å². The first-order valence-corrected chi connectivity index (χ1v) is 8.54. The number of rotatable bonds is 2. The first-order chi connectivity index (χ1) is 8.77. The Morgan fingerprint density at radius 2 is 1.28 bits per heavy atom. The van der Waals surface area contributed by atoms with Crippen molar-refractivity contribution in [2.45, 2.75) is 0 Å². The fraction of sp³-hybridized carbons (Fsp3) is 0.333. The summed E-state index contributed by atoms with van der Waals surface area (Å²) < 4.78 is 1.94. The molecule has 2 nitrogen and oxygen atoms in total. The van der Waals surface area contributed by atoms with E-state index in [1.54, 1.807) is 23.5 Å². The molecule has 6 heteroatoms. The summed E-state index contributed by atoms with van der Waals surface area (Å²) in [5.41, 5.74) is 2.38. The Labute approximate surface area is 126 Å². The second-order valence-corrected chi connectivity index (χ2v) is 7.48. The fourth-order valence-corrected chi connectivity index (χ4v) is 4.61. The van der Waals surface area contributed by atoms with Crippen LogP contribution >= 0.6 is 48.0 Å². The maximum atomic E-state index is 5.42. The van der Waals surface area contributed by atoms with Crippen LogP contribution in [0.3, 0.4) is 0 Å². The molecule has 0 unspecified atom stereocenters. The van der Waals surface area contributed by atoms with Crippen LogP contribution in [-0.2, 0) is 0 Å². The van der Waals surface area contributed by atoms with Gasteiger partial charge in [-0.15, -0.1) is 0 Å². The van der Waals surface area contributed by atoms with Crippen LogP contribution in [0.2, 0.25) is 0 Å². The molecule has 2 aliphatic heterocycles. The second-order valence-electron chi connectivity index (χ2n) is 4.02. The third-order valence-corrected chi connectivity index (χ3v) is 5.84. The van der Waals surface area contributed by atoms with Crippen molar-refractivity contribution in [3.05, 3.63) is 24.3 Å². The van der Waals surface area contributed by atoms with Gasteiger partial charge in [-0.3, -0.25) is 0 Å². The highest BCUT2D eigenvalue weighted by molar-refractivity contribution is 8.24. The third kappa shape index (κ3) is 2.27. The summed E-state index contributed by atoms with van der Waals surface area (Å²) in [5, 5.41) is 0. The molecule has 0 saturated carbocycles. The molecule has 1 aromatic carbocycles. The molecule has 0 atom stereocenters. The topological polar surface area (TPSA) is 6.48 Å². The van der Waals surface area contributed by atoms with Crippen LogP contribution in [0.4, 0.5) is 11.4 Å². The van der Waals surface area contributed by atoms with Crippen molar-refractivity contribution in [3.8, 4) is 0 Å². The monoisotopic (exact) mass is 312 g/mol. The summed E-state index contributed by atoms with van der Waals surface area (Å²) in [6.07, 6.45) is 0. The molecule has 3 rings (SSSR count). The van der Waals surface area contributed by atoms with Crippen LogP contribution in [0.15, 0.2) is 24.3 Å². The van der Waals surface area contributed by atoms with Gasteiger partial charge in [0.05, 0.1) is 11.4 Å². The van der Waals surface area contributed by atoms with E-state index in [0.29, 0.717) is 0 Å². The molecule has 2 aliphatic rings. The van der Waals surface area contributed by atoms with Crippen molar-refractivity contribution in [3.63, 3.8) is 0 Å². The molecule has 94 valence electrons. The van der Waals surface area contributed by atoms with Gasteiger partial charge in [0.15, 0.2) is 0 Å². The normalized spacial score (nSPS) is 20.0. The van der Waals surface area contributed by atoms with Crippen LogP contribution < -0.4 is 9.80 Å². The van der Waals surface area contributed by atoms with Crippen molar-refractivity contribution >= 4 is 68.0 Å². The summed E-state index contributed by atoms with van der Waals surface area (Å²) in [6.45, 7) is 1.99. The molecule has 18 heavy (non-hydrogen) atoms. The molecule has 0 radical (unpaired) electrons. The minimum absolute atomic E-state index is 0.972. The van der Waals surface area contributed by atoms with Crippen LogP contribution in [-0.4, -0.2) is 33.2 Å². The number of hydrogen-bond acceptors (Lipinski definition) is 4. The van der Waals surface area contributed by atoms with Gasteiger partial charge in [-0.05, 0) is 12.1 Å². The van der Waals surface area contributed by atoms with Crippen LogP contribution in [0.25, 0.3) is 0 Å². The summed E-state index contributed by atoms with van der Waals surface area (Å²) in [7, 11) is 0. The molecule has 1 aromatic rings. The minimum atomic E-state index is 0.972. The minimum Gasteiger partial charge on any atom is -0.325 e. The van der Waals surface area contributed by atoms with Gasteiger partial charge in [0.25, 0.3) is 0 Å². The van der Waals surface area contributed by atoms with E-state index < -0.39 is 0 Å². The maximum absolute atomic E-state index is 5.42. The number of hydrogen-bond donors (Lipinski definition) is 0. The largest absolute Gasteiger partial charge is 0.325 e. The van der Waals surface area contributed by atoms with Crippen molar-refractivity contribution in [1.82, 2.24) is 0 Å². The lowest BCUT2D eigenvalue weighted by Gasteiger charge is -2.26. The van der Waals surface area contributed by atoms with Gasteiger partial charge in [0, 0.05) is 24.6 Å². The van der Waals surface area contributed by atoms with E-state index in [1.165, 1.54) is 11.4 Å². The highest BCUT2D eigenvalue weighted by atomic mass is 32.2. The molecule has 2 heterocycles. The number of para-hydroxylation sites is 2. The molecule has 0 amide bonds. The van der Waals surface area contributed by atoms with Gasteiger partial charge >= 0.3 is 0 Å². The molecule has 0 bridgehead atoms. The van der Waals surface area contributed by atoms with Crippen molar-refractivity contribution in [2.75, 3.05) is 34.4 Å². The van der Waals surface area contributed by atoms with Gasteiger partial charge in [-0.2, -0.15) is 0 Å². The Kier molecular flexibility index (Phi) is 3.79. The predicted molar refractivity (Wildman–Crippen MR) is 91.2 cm³/mol. The molecule has 0 aliphatic carbocycles. The Hall–Kier alpha value is -0.300. The smallest absolute Gasteiger partial charge is 0.140 e. The highest BCUT2D eigenvalue weighted by Gasteiger charge is 2.26. The lowest BCUT2D eigenvalue weighted by atomic mass is 10.2. The van der Waals surface area contributed by atoms with E-state index in [4.69, 9.17) is 24.4 Å². The molecule has 2 saturated heterocycles. The van der Waals surface area contributed by atoms with Crippen LogP contribution in [0, 0.1) is 0 Å².